The highest BCUT2D eigenvalue weighted by atomic mass is 32.2. The molecule has 142 valence electrons. The van der Waals surface area contributed by atoms with Gasteiger partial charge >= 0.3 is 11.6 Å². The summed E-state index contributed by atoms with van der Waals surface area (Å²) in [6, 6.07) is 6.34. The van der Waals surface area contributed by atoms with Gasteiger partial charge in [-0.25, -0.2) is 9.59 Å². The summed E-state index contributed by atoms with van der Waals surface area (Å²) in [5, 5.41) is 3.86. The maximum Gasteiger partial charge on any atom is 0.345 e. The van der Waals surface area contributed by atoms with Crippen LogP contribution in [0.15, 0.2) is 33.5 Å². The number of aryl methyl sites for hydroxylation is 1. The molecule has 8 heteroatoms. The van der Waals surface area contributed by atoms with Crippen LogP contribution in [0.25, 0.3) is 21.1 Å². The van der Waals surface area contributed by atoms with E-state index in [4.69, 9.17) is 9.15 Å². The van der Waals surface area contributed by atoms with E-state index in [1.165, 1.54) is 24.5 Å². The highest BCUT2D eigenvalue weighted by Crippen LogP contribution is 2.31. The molecular formula is C19H19NO5S2. The molecule has 0 fully saturated rings. The van der Waals surface area contributed by atoms with Crippen LogP contribution in [-0.2, 0) is 9.53 Å². The van der Waals surface area contributed by atoms with Crippen molar-refractivity contribution in [1.29, 1.82) is 0 Å². The first kappa shape index (κ1) is 19.4. The Hall–Kier alpha value is -2.32. The molecule has 6 nitrogen and oxygen atoms in total. The van der Waals surface area contributed by atoms with Crippen LogP contribution in [0.1, 0.15) is 21.7 Å². The van der Waals surface area contributed by atoms with Gasteiger partial charge in [-0.1, -0.05) is 11.6 Å². The molecule has 0 aliphatic carbocycles. The number of ether oxygens (including phenoxy) is 1. The fourth-order valence-corrected chi connectivity index (χ4v) is 4.32. The van der Waals surface area contributed by atoms with E-state index in [9.17, 15) is 14.4 Å². The molecule has 0 spiro atoms. The minimum absolute atomic E-state index is 0.351. The zero-order valence-corrected chi connectivity index (χ0v) is 16.8. The second-order valence-corrected chi connectivity index (χ2v) is 8.11. The molecule has 27 heavy (non-hydrogen) atoms. The minimum Gasteiger partial charge on any atom is -0.467 e. The van der Waals surface area contributed by atoms with Gasteiger partial charge in [-0.05, 0) is 43.6 Å². The van der Waals surface area contributed by atoms with Crippen molar-refractivity contribution in [1.82, 2.24) is 5.32 Å². The van der Waals surface area contributed by atoms with Crippen LogP contribution in [0.4, 0.5) is 0 Å². The SMILES string of the molecule is COC(=O)[C@@H](CCSC)NC(=O)c1cc2c(=O)oc3ccc(C)cc3c2s1. The Labute approximate surface area is 163 Å². The van der Waals surface area contributed by atoms with Gasteiger partial charge in [-0.2, -0.15) is 11.8 Å². The van der Waals surface area contributed by atoms with Crippen molar-refractivity contribution in [2.75, 3.05) is 19.1 Å². The summed E-state index contributed by atoms with van der Waals surface area (Å²) in [5.41, 5.74) is 1.03. The largest absolute Gasteiger partial charge is 0.467 e. The third-order valence-corrected chi connectivity index (χ3v) is 5.97. The third kappa shape index (κ3) is 4.01. The van der Waals surface area contributed by atoms with Crippen molar-refractivity contribution in [3.8, 4) is 0 Å². The Balaban J connectivity index is 1.98. The van der Waals surface area contributed by atoms with Gasteiger partial charge in [0.25, 0.3) is 5.91 Å². The Morgan fingerprint density at radius 1 is 1.30 bits per heavy atom. The molecular weight excluding hydrogens is 386 g/mol. The fraction of sp³-hybridized carbons (Fsp3) is 0.316. The first-order chi connectivity index (χ1) is 12.9. The first-order valence-corrected chi connectivity index (χ1v) is 10.5. The predicted octanol–water partition coefficient (Wildman–Crippen LogP) is 3.34. The number of carbonyl (C=O) groups excluding carboxylic acids is 2. The maximum absolute atomic E-state index is 12.7. The Kier molecular flexibility index (Phi) is 5.86. The average Bonchev–Trinajstić information content (AvgIpc) is 3.11. The molecule has 0 saturated heterocycles. The van der Waals surface area contributed by atoms with E-state index < -0.39 is 23.5 Å². The van der Waals surface area contributed by atoms with E-state index in [0.717, 1.165) is 10.9 Å². The van der Waals surface area contributed by atoms with Gasteiger partial charge in [0.1, 0.15) is 11.6 Å². The minimum atomic E-state index is -0.726. The molecule has 3 rings (SSSR count). The molecule has 0 aliphatic rings. The van der Waals surface area contributed by atoms with Crippen LogP contribution in [0, 0.1) is 6.92 Å². The quantitative estimate of drug-likeness (QED) is 0.500. The van der Waals surface area contributed by atoms with Gasteiger partial charge in [0.05, 0.1) is 22.1 Å². The lowest BCUT2D eigenvalue weighted by Gasteiger charge is -2.15. The number of nitrogens with one attached hydrogen (secondary N) is 1. The zero-order valence-electron chi connectivity index (χ0n) is 15.2. The summed E-state index contributed by atoms with van der Waals surface area (Å²) in [6.45, 7) is 1.95. The lowest BCUT2D eigenvalue weighted by molar-refractivity contribution is -0.142. The van der Waals surface area contributed by atoms with Crippen LogP contribution < -0.4 is 10.9 Å². The van der Waals surface area contributed by atoms with Crippen molar-refractivity contribution in [2.45, 2.75) is 19.4 Å². The standard InChI is InChI=1S/C19H19NO5S2/c1-10-4-5-14-11(8-10)16-12(18(22)25-14)9-15(27-16)17(21)20-13(6-7-26-3)19(23)24-2/h4-5,8-9,13H,6-7H2,1-3H3,(H,20,21)/t13-/m1/s1. The normalized spacial score (nSPS) is 12.3. The van der Waals surface area contributed by atoms with Crippen LogP contribution in [0.2, 0.25) is 0 Å². The van der Waals surface area contributed by atoms with E-state index in [1.54, 1.807) is 17.8 Å². The molecule has 1 amide bonds. The first-order valence-electron chi connectivity index (χ1n) is 8.29. The zero-order chi connectivity index (χ0) is 19.6. The van der Waals surface area contributed by atoms with Gasteiger partial charge in [0, 0.05) is 5.39 Å². The summed E-state index contributed by atoms with van der Waals surface area (Å²) < 4.78 is 10.8. The third-order valence-electron chi connectivity index (χ3n) is 4.16. The van der Waals surface area contributed by atoms with Gasteiger partial charge in [-0.15, -0.1) is 11.3 Å². The van der Waals surface area contributed by atoms with Gasteiger partial charge < -0.3 is 14.5 Å². The highest BCUT2D eigenvalue weighted by molar-refractivity contribution is 7.98. The van der Waals surface area contributed by atoms with Gasteiger partial charge in [-0.3, -0.25) is 4.79 Å². The molecule has 0 unspecified atom stereocenters. The van der Waals surface area contributed by atoms with Gasteiger partial charge in [0.2, 0.25) is 0 Å². The lowest BCUT2D eigenvalue weighted by Crippen LogP contribution is -2.41. The summed E-state index contributed by atoms with van der Waals surface area (Å²) in [4.78, 5) is 37.2. The number of thiophene rings is 1. The number of fused-ring (bicyclic) bond motifs is 3. The number of amides is 1. The molecule has 0 radical (unpaired) electrons. The molecule has 3 aromatic rings. The molecule has 2 aromatic heterocycles. The molecule has 1 N–H and O–H groups in total. The van der Waals surface area contributed by atoms with Crippen molar-refractivity contribution < 1.29 is 18.7 Å². The molecule has 0 bridgehead atoms. The monoisotopic (exact) mass is 405 g/mol. The number of rotatable bonds is 6. The Morgan fingerprint density at radius 3 is 2.78 bits per heavy atom. The molecule has 1 aromatic carbocycles. The fourth-order valence-electron chi connectivity index (χ4n) is 2.78. The number of hydrogen-bond donors (Lipinski definition) is 1. The van der Waals surface area contributed by atoms with Crippen molar-refractivity contribution in [3.63, 3.8) is 0 Å². The second kappa shape index (κ2) is 8.14. The maximum atomic E-state index is 12.7. The summed E-state index contributed by atoms with van der Waals surface area (Å²) in [7, 11) is 1.29. The Bertz CT molecular complexity index is 1070. The number of benzene rings is 1. The number of esters is 1. The summed E-state index contributed by atoms with van der Waals surface area (Å²) in [6.07, 6.45) is 2.39. The molecule has 0 aliphatic heterocycles. The van der Waals surface area contributed by atoms with Crippen LogP contribution >= 0.6 is 23.1 Å². The Morgan fingerprint density at radius 2 is 2.07 bits per heavy atom. The van der Waals surface area contributed by atoms with E-state index in [0.29, 0.717) is 32.7 Å². The van der Waals surface area contributed by atoms with E-state index in [2.05, 4.69) is 5.32 Å². The van der Waals surface area contributed by atoms with Crippen molar-refractivity contribution in [3.05, 3.63) is 45.1 Å². The lowest BCUT2D eigenvalue weighted by atomic mass is 10.1. The van der Waals surface area contributed by atoms with Gasteiger partial charge in [0.15, 0.2) is 0 Å². The smallest absolute Gasteiger partial charge is 0.345 e. The number of hydrogen-bond acceptors (Lipinski definition) is 7. The molecule has 2 heterocycles. The number of carbonyl (C=O) groups is 2. The predicted molar refractivity (Wildman–Crippen MR) is 109 cm³/mol. The van der Waals surface area contributed by atoms with Crippen LogP contribution in [0.3, 0.4) is 0 Å². The average molecular weight is 405 g/mol. The van der Waals surface area contributed by atoms with E-state index >= 15 is 0 Å². The van der Waals surface area contributed by atoms with E-state index in [1.807, 2.05) is 25.3 Å². The van der Waals surface area contributed by atoms with Crippen molar-refractivity contribution in [2.24, 2.45) is 0 Å². The summed E-state index contributed by atoms with van der Waals surface area (Å²) >= 11 is 2.79. The number of thioether (sulfide) groups is 1. The highest BCUT2D eigenvalue weighted by Gasteiger charge is 2.23. The van der Waals surface area contributed by atoms with Crippen molar-refractivity contribution >= 4 is 56.0 Å². The molecule has 0 saturated carbocycles. The second-order valence-electron chi connectivity index (χ2n) is 6.07. The van der Waals surface area contributed by atoms with Crippen LogP contribution in [0.5, 0.6) is 0 Å². The number of methoxy groups -OCH3 is 1. The van der Waals surface area contributed by atoms with Crippen LogP contribution in [-0.4, -0.2) is 37.0 Å². The van der Waals surface area contributed by atoms with E-state index in [-0.39, 0.29) is 0 Å². The summed E-state index contributed by atoms with van der Waals surface area (Å²) in [5.74, 6) is -0.188. The topological polar surface area (TPSA) is 85.6 Å². The molecule has 1 atom stereocenters.